The molecule has 0 spiro atoms. The third-order valence-electron chi connectivity index (χ3n) is 4.51. The summed E-state index contributed by atoms with van der Waals surface area (Å²) in [6.45, 7) is 2.86. The van der Waals surface area contributed by atoms with Crippen LogP contribution in [0, 0.1) is 11.8 Å². The zero-order valence-electron chi connectivity index (χ0n) is 10.5. The first-order valence-electron chi connectivity index (χ1n) is 7.16. The quantitative estimate of drug-likeness (QED) is 0.738. The first-order chi connectivity index (χ1) is 8.45. The molecule has 0 saturated carbocycles. The van der Waals surface area contributed by atoms with Gasteiger partial charge in [-0.15, -0.1) is 0 Å². The molecule has 3 nitrogen and oxygen atoms in total. The van der Waals surface area contributed by atoms with Gasteiger partial charge in [0.05, 0.1) is 12.2 Å². The Balaban J connectivity index is 1.68. The number of aliphatic imine (C=N–C) groups is 1. The lowest BCUT2D eigenvalue weighted by Gasteiger charge is -2.38. The molecule has 0 aromatic rings. The highest BCUT2D eigenvalue weighted by molar-refractivity contribution is 5.58. The van der Waals surface area contributed by atoms with E-state index in [-0.39, 0.29) is 0 Å². The van der Waals surface area contributed by atoms with E-state index >= 15 is 0 Å². The average Bonchev–Trinajstić information content (AvgIpc) is 2.94. The largest absolute Gasteiger partial charge is 0.378 e. The topological polar surface area (TPSA) is 30.8 Å². The molecule has 2 fully saturated rings. The molecule has 96 valence electrons. The molecule has 4 unspecified atom stereocenters. The highest BCUT2D eigenvalue weighted by atomic mass is 16.5. The standard InChI is InChI=1S/C14H23NO2/c1-2-8-16-14(4-1)12-10-15-7-6-11(12)13-5-3-9-17-13/h7,11-14H,1-6,8-10H2. The number of hydrogen-bond donors (Lipinski definition) is 0. The van der Waals surface area contributed by atoms with Gasteiger partial charge in [-0.3, -0.25) is 4.99 Å². The van der Waals surface area contributed by atoms with Crippen LogP contribution in [0.15, 0.2) is 4.99 Å². The lowest BCUT2D eigenvalue weighted by Crippen LogP contribution is -2.41. The van der Waals surface area contributed by atoms with E-state index in [0.717, 1.165) is 26.2 Å². The highest BCUT2D eigenvalue weighted by Gasteiger charge is 2.38. The summed E-state index contributed by atoms with van der Waals surface area (Å²) in [6.07, 6.45) is 10.4. The summed E-state index contributed by atoms with van der Waals surface area (Å²) >= 11 is 0. The van der Waals surface area contributed by atoms with E-state index in [1.807, 2.05) is 0 Å². The second kappa shape index (κ2) is 5.49. The zero-order valence-corrected chi connectivity index (χ0v) is 10.5. The van der Waals surface area contributed by atoms with Gasteiger partial charge in [0, 0.05) is 25.7 Å². The Morgan fingerprint density at radius 3 is 2.35 bits per heavy atom. The van der Waals surface area contributed by atoms with Crippen LogP contribution in [-0.4, -0.2) is 38.2 Å². The fourth-order valence-electron chi connectivity index (χ4n) is 3.57. The van der Waals surface area contributed by atoms with Crippen molar-refractivity contribution in [2.24, 2.45) is 16.8 Å². The second-order valence-corrected chi connectivity index (χ2v) is 5.57. The molecule has 0 bridgehead atoms. The van der Waals surface area contributed by atoms with Crippen molar-refractivity contribution in [3.63, 3.8) is 0 Å². The van der Waals surface area contributed by atoms with Crippen LogP contribution in [-0.2, 0) is 9.47 Å². The zero-order chi connectivity index (χ0) is 11.5. The summed E-state index contributed by atoms with van der Waals surface area (Å²) in [5.74, 6) is 1.25. The van der Waals surface area contributed by atoms with Crippen molar-refractivity contribution in [1.29, 1.82) is 0 Å². The lowest BCUT2D eigenvalue weighted by atomic mass is 9.77. The van der Waals surface area contributed by atoms with Crippen molar-refractivity contribution >= 4 is 6.21 Å². The predicted molar refractivity (Wildman–Crippen MR) is 67.5 cm³/mol. The Labute approximate surface area is 104 Å². The van der Waals surface area contributed by atoms with Crippen LogP contribution in [0.4, 0.5) is 0 Å². The van der Waals surface area contributed by atoms with Crippen LogP contribution in [0.3, 0.4) is 0 Å². The van der Waals surface area contributed by atoms with Gasteiger partial charge >= 0.3 is 0 Å². The molecule has 3 heterocycles. The van der Waals surface area contributed by atoms with Gasteiger partial charge in [0.25, 0.3) is 0 Å². The van der Waals surface area contributed by atoms with Crippen LogP contribution >= 0.6 is 0 Å². The molecule has 3 aliphatic rings. The number of nitrogens with zero attached hydrogens (tertiary/aromatic N) is 1. The molecule has 0 N–H and O–H groups in total. The van der Waals surface area contributed by atoms with Gasteiger partial charge in [-0.25, -0.2) is 0 Å². The van der Waals surface area contributed by atoms with E-state index in [1.54, 1.807) is 0 Å². The van der Waals surface area contributed by atoms with Gasteiger partial charge in [-0.1, -0.05) is 0 Å². The van der Waals surface area contributed by atoms with E-state index in [1.165, 1.54) is 32.1 Å². The molecule has 3 rings (SSSR count). The summed E-state index contributed by atoms with van der Waals surface area (Å²) < 4.78 is 11.9. The van der Waals surface area contributed by atoms with Gasteiger partial charge in [0.2, 0.25) is 0 Å². The maximum Gasteiger partial charge on any atom is 0.0624 e. The van der Waals surface area contributed by atoms with Crippen molar-refractivity contribution < 1.29 is 9.47 Å². The number of hydrogen-bond acceptors (Lipinski definition) is 3. The van der Waals surface area contributed by atoms with Gasteiger partial charge in [0.15, 0.2) is 0 Å². The van der Waals surface area contributed by atoms with E-state index < -0.39 is 0 Å². The normalized spacial score (nSPS) is 42.8. The first kappa shape index (κ1) is 11.7. The van der Waals surface area contributed by atoms with Gasteiger partial charge in [-0.05, 0) is 50.7 Å². The molecule has 17 heavy (non-hydrogen) atoms. The molecule has 3 heteroatoms. The maximum atomic E-state index is 5.98. The Kier molecular flexibility index (Phi) is 3.77. The third kappa shape index (κ3) is 2.55. The average molecular weight is 237 g/mol. The summed E-state index contributed by atoms with van der Waals surface area (Å²) in [4.78, 5) is 4.49. The Hall–Kier alpha value is -0.410. The van der Waals surface area contributed by atoms with Crippen LogP contribution < -0.4 is 0 Å². The minimum Gasteiger partial charge on any atom is -0.378 e. The van der Waals surface area contributed by atoms with Crippen molar-refractivity contribution in [1.82, 2.24) is 0 Å². The number of ether oxygens (including phenoxy) is 2. The van der Waals surface area contributed by atoms with Crippen molar-refractivity contribution in [2.45, 2.75) is 50.7 Å². The molecule has 3 aliphatic heterocycles. The summed E-state index contributed by atoms with van der Waals surface area (Å²) in [5, 5.41) is 0. The van der Waals surface area contributed by atoms with Crippen LogP contribution in [0.1, 0.15) is 38.5 Å². The molecule has 2 saturated heterocycles. The van der Waals surface area contributed by atoms with Crippen molar-refractivity contribution in [2.75, 3.05) is 19.8 Å². The minimum absolute atomic E-state index is 0.440. The molecule has 0 aromatic carbocycles. The second-order valence-electron chi connectivity index (χ2n) is 5.57. The molecule has 0 radical (unpaired) electrons. The molecule has 0 aliphatic carbocycles. The minimum atomic E-state index is 0.440. The molecular formula is C14H23NO2. The fraction of sp³-hybridized carbons (Fsp3) is 0.929. The van der Waals surface area contributed by atoms with Crippen molar-refractivity contribution in [3.8, 4) is 0 Å². The Bertz CT molecular complexity index is 267. The van der Waals surface area contributed by atoms with Gasteiger partial charge in [0.1, 0.15) is 0 Å². The smallest absolute Gasteiger partial charge is 0.0624 e. The van der Waals surface area contributed by atoms with Crippen LogP contribution in [0.2, 0.25) is 0 Å². The number of rotatable bonds is 2. The van der Waals surface area contributed by atoms with Gasteiger partial charge < -0.3 is 9.47 Å². The monoisotopic (exact) mass is 237 g/mol. The van der Waals surface area contributed by atoms with E-state index in [2.05, 4.69) is 11.2 Å². The summed E-state index contributed by atoms with van der Waals surface area (Å²) in [6, 6.07) is 0. The Morgan fingerprint density at radius 1 is 0.882 bits per heavy atom. The first-order valence-corrected chi connectivity index (χ1v) is 7.16. The third-order valence-corrected chi connectivity index (χ3v) is 4.51. The van der Waals surface area contributed by atoms with E-state index in [9.17, 15) is 0 Å². The predicted octanol–water partition coefficient (Wildman–Crippen LogP) is 2.44. The maximum absolute atomic E-state index is 5.98. The molecule has 0 aromatic heterocycles. The van der Waals surface area contributed by atoms with Crippen LogP contribution in [0.5, 0.6) is 0 Å². The highest BCUT2D eigenvalue weighted by Crippen LogP contribution is 2.36. The van der Waals surface area contributed by atoms with Crippen molar-refractivity contribution in [3.05, 3.63) is 0 Å². The lowest BCUT2D eigenvalue weighted by molar-refractivity contribution is -0.0604. The van der Waals surface area contributed by atoms with Gasteiger partial charge in [-0.2, -0.15) is 0 Å². The van der Waals surface area contributed by atoms with E-state index in [0.29, 0.717) is 24.0 Å². The van der Waals surface area contributed by atoms with E-state index in [4.69, 9.17) is 9.47 Å². The molecule has 0 amide bonds. The summed E-state index contributed by atoms with van der Waals surface area (Å²) in [5.41, 5.74) is 0. The Morgan fingerprint density at radius 2 is 1.65 bits per heavy atom. The SMILES string of the molecule is C1=NCC(C2CCCCO2)C(C2CCCO2)C1. The molecular weight excluding hydrogens is 214 g/mol. The van der Waals surface area contributed by atoms with Crippen LogP contribution in [0.25, 0.3) is 0 Å². The molecule has 4 atom stereocenters. The fourth-order valence-corrected chi connectivity index (χ4v) is 3.57. The summed E-state index contributed by atoms with van der Waals surface area (Å²) in [7, 11) is 0.